The summed E-state index contributed by atoms with van der Waals surface area (Å²) in [5.41, 5.74) is 7.46. The topological polar surface area (TPSA) is 83.0 Å². The minimum absolute atomic E-state index is 0.493. The number of nitrogens with zero attached hydrogens (tertiary/aromatic N) is 6. The van der Waals surface area contributed by atoms with E-state index < -0.39 is 0 Å². The smallest absolute Gasteiger partial charge is 0.209 e. The SMILES string of the molecule is CCN(CC)c1nc2c(c(C3=C(C)C(C)CCN=C3)c1-c1nn[nH]n1)CCCCC2. The molecule has 7 heteroatoms. The van der Waals surface area contributed by atoms with Gasteiger partial charge in [0.15, 0.2) is 0 Å². The second-order valence-electron chi connectivity index (χ2n) is 8.40. The van der Waals surface area contributed by atoms with Crippen LogP contribution >= 0.6 is 0 Å². The molecule has 0 amide bonds. The molecule has 1 N–H and O–H groups in total. The molecule has 7 nitrogen and oxygen atoms in total. The number of hydrogen-bond acceptors (Lipinski definition) is 6. The molecule has 2 aromatic heterocycles. The monoisotopic (exact) mass is 407 g/mol. The van der Waals surface area contributed by atoms with Crippen LogP contribution in [0, 0.1) is 5.92 Å². The summed E-state index contributed by atoms with van der Waals surface area (Å²) in [6, 6.07) is 0. The van der Waals surface area contributed by atoms with Gasteiger partial charge in [-0.05, 0) is 75.1 Å². The van der Waals surface area contributed by atoms with Gasteiger partial charge in [0.2, 0.25) is 5.82 Å². The molecule has 2 aromatic rings. The molecule has 2 aliphatic rings. The number of aromatic amines is 1. The first kappa shape index (κ1) is 20.7. The number of allylic oxidation sites excluding steroid dienone is 2. The molecule has 0 aromatic carbocycles. The van der Waals surface area contributed by atoms with Crippen LogP contribution in [0.2, 0.25) is 0 Å². The van der Waals surface area contributed by atoms with Gasteiger partial charge in [0.1, 0.15) is 5.82 Å². The predicted octanol–water partition coefficient (Wildman–Crippen LogP) is 4.26. The van der Waals surface area contributed by atoms with Crippen molar-refractivity contribution in [3.8, 4) is 11.4 Å². The Labute approximate surface area is 179 Å². The lowest BCUT2D eigenvalue weighted by atomic mass is 9.85. The molecular formula is C23H33N7. The van der Waals surface area contributed by atoms with Gasteiger partial charge in [0.25, 0.3) is 0 Å². The third-order valence-electron chi connectivity index (χ3n) is 6.68. The Morgan fingerprint density at radius 1 is 1.10 bits per heavy atom. The fraction of sp³-hybridized carbons (Fsp3) is 0.609. The quantitative estimate of drug-likeness (QED) is 0.749. The Morgan fingerprint density at radius 3 is 2.63 bits per heavy atom. The number of fused-ring (bicyclic) bond motifs is 1. The van der Waals surface area contributed by atoms with Crippen LogP contribution in [-0.2, 0) is 12.8 Å². The van der Waals surface area contributed by atoms with Gasteiger partial charge in [-0.2, -0.15) is 5.21 Å². The van der Waals surface area contributed by atoms with Crippen molar-refractivity contribution in [2.24, 2.45) is 10.9 Å². The van der Waals surface area contributed by atoms with Crippen molar-refractivity contribution < 1.29 is 0 Å². The molecule has 1 unspecified atom stereocenters. The summed E-state index contributed by atoms with van der Waals surface area (Å²) >= 11 is 0. The third-order valence-corrected chi connectivity index (χ3v) is 6.68. The van der Waals surface area contributed by atoms with Gasteiger partial charge in [-0.15, -0.1) is 10.2 Å². The number of H-pyrrole nitrogens is 1. The Morgan fingerprint density at radius 2 is 1.90 bits per heavy atom. The maximum absolute atomic E-state index is 5.23. The largest absolute Gasteiger partial charge is 0.357 e. The molecule has 4 rings (SSSR count). The molecule has 0 saturated carbocycles. The Balaban J connectivity index is 2.10. The van der Waals surface area contributed by atoms with E-state index in [0.29, 0.717) is 11.7 Å². The number of aromatic nitrogens is 5. The number of tetrazole rings is 1. The highest BCUT2D eigenvalue weighted by Crippen LogP contribution is 2.41. The summed E-state index contributed by atoms with van der Waals surface area (Å²) in [5, 5.41) is 15.4. The van der Waals surface area contributed by atoms with E-state index in [9.17, 15) is 0 Å². The van der Waals surface area contributed by atoms with Crippen molar-refractivity contribution in [3.05, 3.63) is 22.4 Å². The van der Waals surface area contributed by atoms with Crippen LogP contribution in [0.15, 0.2) is 10.6 Å². The summed E-state index contributed by atoms with van der Waals surface area (Å²) in [7, 11) is 0. The van der Waals surface area contributed by atoms with Crippen LogP contribution in [0.3, 0.4) is 0 Å². The zero-order valence-electron chi connectivity index (χ0n) is 18.7. The normalized spacial score (nSPS) is 19.4. The number of aliphatic imine (C=N–C) groups is 1. The zero-order valence-corrected chi connectivity index (χ0v) is 18.7. The average molecular weight is 408 g/mol. The Kier molecular flexibility index (Phi) is 6.25. The van der Waals surface area contributed by atoms with Crippen LogP contribution in [-0.4, -0.2) is 51.5 Å². The summed E-state index contributed by atoms with van der Waals surface area (Å²) in [5.74, 6) is 2.09. The van der Waals surface area contributed by atoms with Crippen molar-refractivity contribution in [1.82, 2.24) is 25.6 Å². The summed E-state index contributed by atoms with van der Waals surface area (Å²) in [6.07, 6.45) is 8.88. The first-order chi connectivity index (χ1) is 14.7. The number of nitrogens with one attached hydrogen (secondary N) is 1. The molecule has 30 heavy (non-hydrogen) atoms. The summed E-state index contributed by atoms with van der Waals surface area (Å²) in [6.45, 7) is 11.6. The van der Waals surface area contributed by atoms with Gasteiger partial charge in [-0.3, -0.25) is 4.99 Å². The molecule has 160 valence electrons. The highest BCUT2D eigenvalue weighted by Gasteiger charge is 2.29. The van der Waals surface area contributed by atoms with Gasteiger partial charge < -0.3 is 4.90 Å². The second kappa shape index (κ2) is 9.06. The molecular weight excluding hydrogens is 374 g/mol. The molecule has 1 atom stereocenters. The lowest BCUT2D eigenvalue weighted by molar-refractivity contribution is 0.631. The van der Waals surface area contributed by atoms with E-state index in [1.807, 2.05) is 0 Å². The van der Waals surface area contributed by atoms with E-state index in [0.717, 1.165) is 50.3 Å². The van der Waals surface area contributed by atoms with Crippen molar-refractivity contribution >= 4 is 17.6 Å². The fourth-order valence-corrected chi connectivity index (χ4v) is 4.70. The first-order valence-corrected chi connectivity index (χ1v) is 11.4. The third kappa shape index (κ3) is 3.77. The van der Waals surface area contributed by atoms with Crippen molar-refractivity contribution in [1.29, 1.82) is 0 Å². The number of aryl methyl sites for hydroxylation is 1. The minimum atomic E-state index is 0.493. The number of pyridine rings is 1. The van der Waals surface area contributed by atoms with E-state index in [4.69, 9.17) is 9.98 Å². The lowest BCUT2D eigenvalue weighted by Crippen LogP contribution is -2.25. The minimum Gasteiger partial charge on any atom is -0.357 e. The van der Waals surface area contributed by atoms with E-state index in [-0.39, 0.29) is 0 Å². The zero-order chi connectivity index (χ0) is 21.1. The maximum Gasteiger partial charge on any atom is 0.209 e. The van der Waals surface area contributed by atoms with E-state index in [1.54, 1.807) is 0 Å². The van der Waals surface area contributed by atoms with Crippen LogP contribution in [0.4, 0.5) is 5.82 Å². The van der Waals surface area contributed by atoms with Gasteiger partial charge >= 0.3 is 0 Å². The van der Waals surface area contributed by atoms with Gasteiger partial charge in [-0.25, -0.2) is 4.98 Å². The number of hydrogen-bond donors (Lipinski definition) is 1. The van der Waals surface area contributed by atoms with Crippen LogP contribution < -0.4 is 4.90 Å². The highest BCUT2D eigenvalue weighted by molar-refractivity contribution is 6.15. The van der Waals surface area contributed by atoms with Crippen LogP contribution in [0.5, 0.6) is 0 Å². The molecule has 0 radical (unpaired) electrons. The van der Waals surface area contributed by atoms with Crippen LogP contribution in [0.25, 0.3) is 17.0 Å². The summed E-state index contributed by atoms with van der Waals surface area (Å²) in [4.78, 5) is 12.3. The summed E-state index contributed by atoms with van der Waals surface area (Å²) < 4.78 is 0. The van der Waals surface area contributed by atoms with Crippen molar-refractivity contribution in [2.45, 2.75) is 66.2 Å². The fourth-order valence-electron chi connectivity index (χ4n) is 4.70. The maximum atomic E-state index is 5.23. The second-order valence-corrected chi connectivity index (χ2v) is 8.40. The first-order valence-electron chi connectivity index (χ1n) is 11.4. The van der Waals surface area contributed by atoms with Crippen molar-refractivity contribution in [3.63, 3.8) is 0 Å². The van der Waals surface area contributed by atoms with Crippen molar-refractivity contribution in [2.75, 3.05) is 24.5 Å². The van der Waals surface area contributed by atoms with E-state index in [1.165, 1.54) is 47.2 Å². The molecule has 0 fully saturated rings. The number of rotatable bonds is 5. The average Bonchev–Trinajstić information content (AvgIpc) is 3.11. The molecule has 1 aliphatic heterocycles. The Hall–Kier alpha value is -2.57. The molecule has 1 aliphatic carbocycles. The predicted molar refractivity (Wildman–Crippen MR) is 122 cm³/mol. The van der Waals surface area contributed by atoms with E-state index in [2.05, 4.69) is 59.4 Å². The van der Waals surface area contributed by atoms with Gasteiger partial charge in [-0.1, -0.05) is 18.9 Å². The Bertz CT molecular complexity index is 939. The highest BCUT2D eigenvalue weighted by atomic mass is 15.5. The molecule has 0 bridgehead atoms. The van der Waals surface area contributed by atoms with Crippen LogP contribution in [0.1, 0.15) is 70.2 Å². The van der Waals surface area contributed by atoms with E-state index >= 15 is 0 Å². The molecule has 0 spiro atoms. The molecule has 3 heterocycles. The number of anilines is 1. The van der Waals surface area contributed by atoms with Gasteiger partial charge in [0.05, 0.1) is 5.56 Å². The molecule has 0 saturated heterocycles. The van der Waals surface area contributed by atoms with Gasteiger partial charge in [0, 0.05) is 37.1 Å². The standard InChI is InChI=1S/C23H33N7/c1-5-30(6-2)23-21(22-26-28-29-27-22)20(17-10-8-7-9-11-19(17)25-23)18-14-24-13-12-15(3)16(18)4/h14-15H,5-13H2,1-4H3,(H,26,27,28,29). The lowest BCUT2D eigenvalue weighted by Gasteiger charge is -2.27.